The maximum Gasteiger partial charge on any atom is 0.227 e. The minimum atomic E-state index is 0.00277. The van der Waals surface area contributed by atoms with Crippen molar-refractivity contribution in [2.45, 2.75) is 19.8 Å². The molecule has 0 aliphatic carbocycles. The lowest BCUT2D eigenvalue weighted by Crippen LogP contribution is -2.38. The van der Waals surface area contributed by atoms with E-state index in [1.807, 2.05) is 37.3 Å². The van der Waals surface area contributed by atoms with Crippen molar-refractivity contribution in [3.05, 3.63) is 54.6 Å². The molecule has 1 amide bonds. The molecule has 1 saturated heterocycles. The topological polar surface area (TPSA) is 71.0 Å². The summed E-state index contributed by atoms with van der Waals surface area (Å²) in [5, 5.41) is 4.12. The van der Waals surface area contributed by atoms with E-state index in [1.165, 1.54) is 0 Å². The van der Waals surface area contributed by atoms with E-state index < -0.39 is 0 Å². The average molecular weight is 347 g/mol. The molecule has 1 aliphatic heterocycles. The predicted molar refractivity (Wildman–Crippen MR) is 102 cm³/mol. The van der Waals surface area contributed by atoms with Crippen molar-refractivity contribution < 1.29 is 4.79 Å². The molecule has 1 aromatic carbocycles. The standard InChI is InChI=1S/C20H21N5O/c1-14-5-6-15-3-2-4-17(19(15)23-14)24-20(26)16-7-11-25(12-8-16)18-13-21-9-10-22-18/h2-6,9-10,13,16H,7-8,11-12H2,1H3,(H,24,26). The number of anilines is 2. The number of carbonyl (C=O) groups is 1. The van der Waals surface area contributed by atoms with E-state index in [2.05, 4.69) is 25.2 Å². The Kier molecular flexibility index (Phi) is 4.48. The summed E-state index contributed by atoms with van der Waals surface area (Å²) in [6, 6.07) is 9.90. The second-order valence-electron chi connectivity index (χ2n) is 6.64. The number of hydrogen-bond acceptors (Lipinski definition) is 5. The quantitative estimate of drug-likeness (QED) is 0.788. The van der Waals surface area contributed by atoms with Gasteiger partial charge in [-0.15, -0.1) is 0 Å². The molecule has 0 atom stereocenters. The van der Waals surface area contributed by atoms with Crippen LogP contribution in [0, 0.1) is 12.8 Å². The van der Waals surface area contributed by atoms with Crippen molar-refractivity contribution >= 4 is 28.3 Å². The van der Waals surface area contributed by atoms with Crippen LogP contribution in [0.1, 0.15) is 18.5 Å². The molecule has 1 aliphatic rings. The minimum absolute atomic E-state index is 0.00277. The van der Waals surface area contributed by atoms with Crippen LogP contribution in [0.15, 0.2) is 48.9 Å². The Morgan fingerprint density at radius 3 is 2.77 bits per heavy atom. The first kappa shape index (κ1) is 16.4. The van der Waals surface area contributed by atoms with Crippen LogP contribution in [0.2, 0.25) is 0 Å². The number of aromatic nitrogens is 3. The Morgan fingerprint density at radius 1 is 1.15 bits per heavy atom. The van der Waals surface area contributed by atoms with Crippen LogP contribution in [-0.4, -0.2) is 33.9 Å². The van der Waals surface area contributed by atoms with Crippen molar-refractivity contribution in [2.75, 3.05) is 23.3 Å². The van der Waals surface area contributed by atoms with E-state index in [4.69, 9.17) is 0 Å². The molecule has 1 N–H and O–H groups in total. The van der Waals surface area contributed by atoms with Gasteiger partial charge in [0.05, 0.1) is 17.4 Å². The molecular weight excluding hydrogens is 326 g/mol. The summed E-state index contributed by atoms with van der Waals surface area (Å²) in [7, 11) is 0. The van der Waals surface area contributed by atoms with Gasteiger partial charge in [0.15, 0.2) is 0 Å². The number of aryl methyl sites for hydroxylation is 1. The fraction of sp³-hybridized carbons (Fsp3) is 0.300. The van der Waals surface area contributed by atoms with Crippen LogP contribution in [0.5, 0.6) is 0 Å². The van der Waals surface area contributed by atoms with Gasteiger partial charge < -0.3 is 10.2 Å². The number of piperidine rings is 1. The number of rotatable bonds is 3. The van der Waals surface area contributed by atoms with E-state index >= 15 is 0 Å². The maximum atomic E-state index is 12.8. The van der Waals surface area contributed by atoms with E-state index in [0.29, 0.717) is 0 Å². The summed E-state index contributed by atoms with van der Waals surface area (Å²) < 4.78 is 0. The Morgan fingerprint density at radius 2 is 2.00 bits per heavy atom. The number of carbonyl (C=O) groups excluding carboxylic acids is 1. The Balaban J connectivity index is 1.44. The van der Waals surface area contributed by atoms with E-state index in [-0.39, 0.29) is 11.8 Å². The van der Waals surface area contributed by atoms with Gasteiger partial charge in [-0.2, -0.15) is 0 Å². The Hall–Kier alpha value is -3.02. The average Bonchev–Trinajstić information content (AvgIpc) is 2.69. The van der Waals surface area contributed by atoms with Crippen molar-refractivity contribution in [1.82, 2.24) is 15.0 Å². The number of para-hydroxylation sites is 1. The molecule has 26 heavy (non-hydrogen) atoms. The number of benzene rings is 1. The summed E-state index contributed by atoms with van der Waals surface area (Å²) in [5.74, 6) is 0.947. The SMILES string of the molecule is Cc1ccc2cccc(NC(=O)C3CCN(c4cnccn4)CC3)c2n1. The molecule has 0 bridgehead atoms. The number of amides is 1. The van der Waals surface area contributed by atoms with Gasteiger partial charge in [-0.25, -0.2) is 4.98 Å². The molecule has 0 unspecified atom stereocenters. The van der Waals surface area contributed by atoms with Crippen molar-refractivity contribution in [3.63, 3.8) is 0 Å². The maximum absolute atomic E-state index is 12.8. The normalized spacial score (nSPS) is 15.2. The summed E-state index contributed by atoms with van der Waals surface area (Å²) >= 11 is 0. The lowest BCUT2D eigenvalue weighted by molar-refractivity contribution is -0.120. The van der Waals surface area contributed by atoms with E-state index in [1.54, 1.807) is 18.6 Å². The van der Waals surface area contributed by atoms with Crippen molar-refractivity contribution in [2.24, 2.45) is 5.92 Å². The lowest BCUT2D eigenvalue weighted by atomic mass is 9.95. The van der Waals surface area contributed by atoms with Crippen LogP contribution in [0.4, 0.5) is 11.5 Å². The third kappa shape index (κ3) is 3.35. The number of nitrogens with zero attached hydrogens (tertiary/aromatic N) is 4. The van der Waals surface area contributed by atoms with Gasteiger partial charge in [-0.05, 0) is 31.9 Å². The second-order valence-corrected chi connectivity index (χ2v) is 6.64. The first-order valence-corrected chi connectivity index (χ1v) is 8.89. The third-order valence-corrected chi connectivity index (χ3v) is 4.86. The third-order valence-electron chi connectivity index (χ3n) is 4.86. The van der Waals surface area contributed by atoms with Crippen LogP contribution < -0.4 is 10.2 Å². The number of pyridine rings is 1. The van der Waals surface area contributed by atoms with Crippen LogP contribution in [0.3, 0.4) is 0 Å². The molecular formula is C20H21N5O. The summed E-state index contributed by atoms with van der Waals surface area (Å²) in [6.07, 6.45) is 6.75. The predicted octanol–water partition coefficient (Wildman–Crippen LogP) is 3.19. The minimum Gasteiger partial charge on any atom is -0.355 e. The van der Waals surface area contributed by atoms with E-state index in [9.17, 15) is 4.79 Å². The first-order chi connectivity index (χ1) is 12.7. The molecule has 1 fully saturated rings. The molecule has 6 nitrogen and oxygen atoms in total. The van der Waals surface area contributed by atoms with Crippen molar-refractivity contribution in [1.29, 1.82) is 0 Å². The zero-order chi connectivity index (χ0) is 17.9. The first-order valence-electron chi connectivity index (χ1n) is 8.89. The number of hydrogen-bond donors (Lipinski definition) is 1. The van der Waals surface area contributed by atoms with Gasteiger partial charge in [0.25, 0.3) is 0 Å². The van der Waals surface area contributed by atoms with Crippen LogP contribution in [0.25, 0.3) is 10.9 Å². The van der Waals surface area contributed by atoms with Gasteiger partial charge in [0.2, 0.25) is 5.91 Å². The van der Waals surface area contributed by atoms with Gasteiger partial charge in [-0.3, -0.25) is 14.8 Å². The Labute approximate surface area is 152 Å². The molecule has 0 radical (unpaired) electrons. The van der Waals surface area contributed by atoms with E-state index in [0.717, 1.165) is 54.0 Å². The fourth-order valence-corrected chi connectivity index (χ4v) is 3.41. The number of fused-ring (bicyclic) bond motifs is 1. The molecule has 0 spiro atoms. The van der Waals surface area contributed by atoms with Gasteiger partial charge in [0.1, 0.15) is 5.82 Å². The molecule has 3 aromatic rings. The lowest BCUT2D eigenvalue weighted by Gasteiger charge is -2.31. The highest BCUT2D eigenvalue weighted by molar-refractivity contribution is 6.01. The van der Waals surface area contributed by atoms with Gasteiger partial charge in [-0.1, -0.05) is 18.2 Å². The summed E-state index contributed by atoms with van der Waals surface area (Å²) in [6.45, 7) is 3.58. The van der Waals surface area contributed by atoms with Gasteiger partial charge in [0, 0.05) is 42.5 Å². The van der Waals surface area contributed by atoms with Gasteiger partial charge >= 0.3 is 0 Å². The zero-order valence-corrected chi connectivity index (χ0v) is 14.7. The molecule has 2 aromatic heterocycles. The molecule has 3 heterocycles. The molecule has 0 saturated carbocycles. The highest BCUT2D eigenvalue weighted by Gasteiger charge is 2.26. The van der Waals surface area contributed by atoms with Crippen LogP contribution in [-0.2, 0) is 4.79 Å². The van der Waals surface area contributed by atoms with Crippen LogP contribution >= 0.6 is 0 Å². The summed E-state index contributed by atoms with van der Waals surface area (Å²) in [5.41, 5.74) is 2.57. The summed E-state index contributed by atoms with van der Waals surface area (Å²) in [4.78, 5) is 28.0. The van der Waals surface area contributed by atoms with Crippen molar-refractivity contribution in [3.8, 4) is 0 Å². The number of nitrogens with one attached hydrogen (secondary N) is 1. The molecule has 6 heteroatoms. The fourth-order valence-electron chi connectivity index (χ4n) is 3.41. The molecule has 132 valence electrons. The monoisotopic (exact) mass is 347 g/mol. The highest BCUT2D eigenvalue weighted by atomic mass is 16.1. The second kappa shape index (κ2) is 7.07. The zero-order valence-electron chi connectivity index (χ0n) is 14.7. The Bertz CT molecular complexity index is 920. The smallest absolute Gasteiger partial charge is 0.227 e. The molecule has 4 rings (SSSR count). The largest absolute Gasteiger partial charge is 0.355 e. The highest BCUT2D eigenvalue weighted by Crippen LogP contribution is 2.25.